The van der Waals surface area contributed by atoms with Gasteiger partial charge >= 0.3 is 0 Å². The fourth-order valence-corrected chi connectivity index (χ4v) is 1.66. The molecule has 0 radical (unpaired) electrons. The van der Waals surface area contributed by atoms with Crippen LogP contribution >= 0.6 is 0 Å². The number of carbonyl (C=O) groups excluding carboxylic acids is 1. The molecule has 0 fully saturated rings. The molecule has 0 bridgehead atoms. The van der Waals surface area contributed by atoms with E-state index in [0.29, 0.717) is 6.54 Å². The molecule has 1 amide bonds. The zero-order valence-electron chi connectivity index (χ0n) is 11.3. The van der Waals surface area contributed by atoms with Gasteiger partial charge in [-0.1, -0.05) is 31.5 Å². The normalized spacial score (nSPS) is 10.8. The van der Waals surface area contributed by atoms with E-state index in [2.05, 4.69) is 13.0 Å². The third kappa shape index (κ3) is 3.33. The van der Waals surface area contributed by atoms with Gasteiger partial charge in [0.05, 0.1) is 6.07 Å². The average Bonchev–Trinajstić information content (AvgIpc) is 2.40. The third-order valence-corrected chi connectivity index (χ3v) is 2.86. The highest BCUT2D eigenvalue weighted by atomic mass is 16.2. The Morgan fingerprint density at radius 1 is 1.33 bits per heavy atom. The first-order valence-electron chi connectivity index (χ1n) is 6.31. The number of benzene rings is 1. The van der Waals surface area contributed by atoms with Crippen LogP contribution in [0.1, 0.15) is 33.6 Å². The number of nitrogens with zero attached hydrogens (tertiary/aromatic N) is 2. The van der Waals surface area contributed by atoms with Crippen LogP contribution in [-0.2, 0) is 4.79 Å². The summed E-state index contributed by atoms with van der Waals surface area (Å²) in [4.78, 5) is 14.1. The number of rotatable bonds is 5. The van der Waals surface area contributed by atoms with Crippen molar-refractivity contribution in [1.82, 2.24) is 0 Å². The zero-order valence-corrected chi connectivity index (χ0v) is 11.3. The fraction of sp³-hybridized carbons (Fsp3) is 0.467. The summed E-state index contributed by atoms with van der Waals surface area (Å²) < 4.78 is 0. The molecule has 0 aliphatic carbocycles. The largest absolute Gasteiger partial charge is 0.311 e. The van der Waals surface area contributed by atoms with Gasteiger partial charge in [-0.15, -0.1) is 0 Å². The zero-order chi connectivity index (χ0) is 13.6. The third-order valence-electron chi connectivity index (χ3n) is 2.86. The number of para-hydroxylation sites is 1. The van der Waals surface area contributed by atoms with Crippen molar-refractivity contribution in [2.75, 3.05) is 11.4 Å². The Labute approximate surface area is 109 Å². The topological polar surface area (TPSA) is 44.1 Å². The molecule has 0 atom stereocenters. The number of unbranched alkanes of at least 4 members (excludes halogenated alkanes) is 1. The van der Waals surface area contributed by atoms with Crippen molar-refractivity contribution in [2.45, 2.75) is 33.6 Å². The second-order valence-electron chi connectivity index (χ2n) is 4.88. The molecule has 0 heterocycles. The number of nitriles is 1. The predicted molar refractivity (Wildman–Crippen MR) is 73.1 cm³/mol. The van der Waals surface area contributed by atoms with E-state index in [0.717, 1.165) is 18.5 Å². The monoisotopic (exact) mass is 244 g/mol. The average molecular weight is 244 g/mol. The van der Waals surface area contributed by atoms with E-state index in [9.17, 15) is 4.79 Å². The van der Waals surface area contributed by atoms with Gasteiger partial charge in [-0.05, 0) is 32.4 Å². The Morgan fingerprint density at radius 3 is 2.44 bits per heavy atom. The lowest BCUT2D eigenvalue weighted by Crippen LogP contribution is -2.41. The second kappa shape index (κ2) is 6.20. The standard InChI is InChI=1S/C15H20N2O/c1-4-5-11-17(13-9-7-6-8-10-13)14(18)15(2,3)12-16/h6-10H,4-5,11H2,1-3H3. The molecular formula is C15H20N2O. The first-order chi connectivity index (χ1) is 8.53. The minimum absolute atomic E-state index is 0.135. The van der Waals surface area contributed by atoms with E-state index in [1.807, 2.05) is 30.3 Å². The summed E-state index contributed by atoms with van der Waals surface area (Å²) >= 11 is 0. The van der Waals surface area contributed by atoms with Crippen LogP contribution in [0.3, 0.4) is 0 Å². The quantitative estimate of drug-likeness (QED) is 0.797. The van der Waals surface area contributed by atoms with Crippen LogP contribution in [0.25, 0.3) is 0 Å². The number of hydrogen-bond donors (Lipinski definition) is 0. The Morgan fingerprint density at radius 2 is 1.94 bits per heavy atom. The van der Waals surface area contributed by atoms with Crippen molar-refractivity contribution in [2.24, 2.45) is 5.41 Å². The summed E-state index contributed by atoms with van der Waals surface area (Å²) in [5.74, 6) is -0.135. The van der Waals surface area contributed by atoms with Gasteiger partial charge in [0.25, 0.3) is 0 Å². The van der Waals surface area contributed by atoms with Gasteiger partial charge < -0.3 is 4.90 Å². The molecule has 96 valence electrons. The molecule has 1 aromatic carbocycles. The van der Waals surface area contributed by atoms with E-state index in [1.54, 1.807) is 18.7 Å². The SMILES string of the molecule is CCCCN(C(=O)C(C)(C)C#N)c1ccccc1. The fourth-order valence-electron chi connectivity index (χ4n) is 1.66. The number of anilines is 1. The molecule has 3 nitrogen and oxygen atoms in total. The van der Waals surface area contributed by atoms with Gasteiger partial charge in [0, 0.05) is 12.2 Å². The number of carbonyl (C=O) groups is 1. The maximum atomic E-state index is 12.4. The van der Waals surface area contributed by atoms with Gasteiger partial charge in [0.1, 0.15) is 5.41 Å². The molecule has 0 aromatic heterocycles. The van der Waals surface area contributed by atoms with Crippen molar-refractivity contribution in [3.05, 3.63) is 30.3 Å². The molecule has 0 saturated carbocycles. The first kappa shape index (κ1) is 14.2. The highest BCUT2D eigenvalue weighted by Crippen LogP contribution is 2.23. The van der Waals surface area contributed by atoms with Crippen molar-refractivity contribution >= 4 is 11.6 Å². The maximum Gasteiger partial charge on any atom is 0.246 e. The van der Waals surface area contributed by atoms with Crippen LogP contribution in [0.15, 0.2) is 30.3 Å². The molecule has 3 heteroatoms. The lowest BCUT2D eigenvalue weighted by Gasteiger charge is -2.28. The minimum Gasteiger partial charge on any atom is -0.311 e. The predicted octanol–water partition coefficient (Wildman–Crippen LogP) is 3.37. The summed E-state index contributed by atoms with van der Waals surface area (Å²) in [5, 5.41) is 9.09. The van der Waals surface area contributed by atoms with Crippen LogP contribution in [0.4, 0.5) is 5.69 Å². The van der Waals surface area contributed by atoms with Crippen molar-refractivity contribution in [3.8, 4) is 6.07 Å². The molecule has 0 saturated heterocycles. The highest BCUT2D eigenvalue weighted by Gasteiger charge is 2.32. The van der Waals surface area contributed by atoms with Gasteiger partial charge in [-0.3, -0.25) is 4.79 Å². The Bertz CT molecular complexity index is 432. The molecule has 1 rings (SSSR count). The Hall–Kier alpha value is -1.82. The van der Waals surface area contributed by atoms with Crippen molar-refractivity contribution < 1.29 is 4.79 Å². The van der Waals surface area contributed by atoms with Crippen LogP contribution in [-0.4, -0.2) is 12.5 Å². The van der Waals surface area contributed by atoms with Gasteiger partial charge in [0.15, 0.2) is 0 Å². The maximum absolute atomic E-state index is 12.4. The number of hydrogen-bond acceptors (Lipinski definition) is 2. The van der Waals surface area contributed by atoms with E-state index >= 15 is 0 Å². The summed E-state index contributed by atoms with van der Waals surface area (Å²) in [7, 11) is 0. The lowest BCUT2D eigenvalue weighted by atomic mass is 9.93. The lowest BCUT2D eigenvalue weighted by molar-refractivity contribution is -0.124. The van der Waals surface area contributed by atoms with Gasteiger partial charge in [-0.25, -0.2) is 0 Å². The highest BCUT2D eigenvalue weighted by molar-refractivity contribution is 5.98. The van der Waals surface area contributed by atoms with Gasteiger partial charge in [-0.2, -0.15) is 5.26 Å². The van der Waals surface area contributed by atoms with Crippen molar-refractivity contribution in [3.63, 3.8) is 0 Å². The molecule has 0 unspecified atom stereocenters. The number of amides is 1. The first-order valence-corrected chi connectivity index (χ1v) is 6.31. The van der Waals surface area contributed by atoms with E-state index in [1.165, 1.54) is 0 Å². The van der Waals surface area contributed by atoms with E-state index in [4.69, 9.17) is 5.26 Å². The van der Waals surface area contributed by atoms with Crippen LogP contribution in [0, 0.1) is 16.7 Å². The Kier molecular flexibility index (Phi) is 4.91. The van der Waals surface area contributed by atoms with E-state index < -0.39 is 5.41 Å². The summed E-state index contributed by atoms with van der Waals surface area (Å²) in [6.07, 6.45) is 1.95. The molecule has 0 aliphatic rings. The summed E-state index contributed by atoms with van der Waals surface area (Å²) in [6.45, 7) is 6.07. The molecule has 1 aromatic rings. The molecule has 0 aliphatic heterocycles. The molecule has 0 spiro atoms. The molecule has 18 heavy (non-hydrogen) atoms. The van der Waals surface area contributed by atoms with Crippen LogP contribution < -0.4 is 4.90 Å². The summed E-state index contributed by atoms with van der Waals surface area (Å²) in [6, 6.07) is 11.6. The Balaban J connectivity index is 3.00. The van der Waals surface area contributed by atoms with Crippen LogP contribution in [0.2, 0.25) is 0 Å². The molecular weight excluding hydrogens is 224 g/mol. The second-order valence-corrected chi connectivity index (χ2v) is 4.88. The van der Waals surface area contributed by atoms with Crippen molar-refractivity contribution in [1.29, 1.82) is 5.26 Å². The van der Waals surface area contributed by atoms with Gasteiger partial charge in [0.2, 0.25) is 5.91 Å². The van der Waals surface area contributed by atoms with E-state index in [-0.39, 0.29) is 5.91 Å². The minimum atomic E-state index is -0.983. The summed E-state index contributed by atoms with van der Waals surface area (Å²) in [5.41, 5.74) is -0.122. The van der Waals surface area contributed by atoms with Crippen LogP contribution in [0.5, 0.6) is 0 Å². The smallest absolute Gasteiger partial charge is 0.246 e. The molecule has 0 N–H and O–H groups in total.